The SMILES string of the molecule is CN=C(NCCc1ccc(F)cc1C)NCCN1CCCS1(=O)=O. The van der Waals surface area contributed by atoms with Crippen LogP contribution in [-0.2, 0) is 16.4 Å². The monoisotopic (exact) mass is 356 g/mol. The van der Waals surface area contributed by atoms with Gasteiger partial charge in [-0.25, -0.2) is 17.1 Å². The first kappa shape index (κ1) is 18.7. The lowest BCUT2D eigenvalue weighted by Crippen LogP contribution is -2.42. The van der Waals surface area contributed by atoms with Crippen molar-refractivity contribution in [1.82, 2.24) is 14.9 Å². The van der Waals surface area contributed by atoms with Crippen molar-refractivity contribution in [3.63, 3.8) is 0 Å². The Morgan fingerprint density at radius 3 is 2.71 bits per heavy atom. The molecule has 1 heterocycles. The van der Waals surface area contributed by atoms with Gasteiger partial charge in [-0.3, -0.25) is 4.99 Å². The summed E-state index contributed by atoms with van der Waals surface area (Å²) < 4.78 is 38.0. The third-order valence-corrected chi connectivity index (χ3v) is 6.03. The largest absolute Gasteiger partial charge is 0.356 e. The molecule has 2 N–H and O–H groups in total. The summed E-state index contributed by atoms with van der Waals surface area (Å²) in [4.78, 5) is 4.12. The maximum Gasteiger partial charge on any atom is 0.214 e. The van der Waals surface area contributed by atoms with Gasteiger partial charge in [0.1, 0.15) is 5.82 Å². The van der Waals surface area contributed by atoms with Gasteiger partial charge >= 0.3 is 0 Å². The molecule has 0 spiro atoms. The Bertz CT molecular complexity index is 691. The summed E-state index contributed by atoms with van der Waals surface area (Å²) >= 11 is 0. The second-order valence-electron chi connectivity index (χ2n) is 5.82. The summed E-state index contributed by atoms with van der Waals surface area (Å²) in [6.07, 6.45) is 1.46. The van der Waals surface area contributed by atoms with Gasteiger partial charge in [-0.2, -0.15) is 0 Å². The van der Waals surface area contributed by atoms with Gasteiger partial charge in [-0.1, -0.05) is 6.07 Å². The maximum atomic E-state index is 13.1. The van der Waals surface area contributed by atoms with Gasteiger partial charge in [0, 0.05) is 33.2 Å². The average Bonchev–Trinajstić information content (AvgIpc) is 2.86. The van der Waals surface area contributed by atoms with Crippen LogP contribution in [-0.4, -0.2) is 57.7 Å². The van der Waals surface area contributed by atoms with Crippen molar-refractivity contribution in [1.29, 1.82) is 0 Å². The van der Waals surface area contributed by atoms with Crippen LogP contribution in [0.25, 0.3) is 0 Å². The predicted octanol–water partition coefficient (Wildman–Crippen LogP) is 0.877. The van der Waals surface area contributed by atoms with E-state index in [9.17, 15) is 12.8 Å². The molecule has 8 heteroatoms. The van der Waals surface area contributed by atoms with Crippen molar-refractivity contribution < 1.29 is 12.8 Å². The number of aliphatic imine (C=N–C) groups is 1. The molecule has 1 aliphatic heterocycles. The number of nitrogens with one attached hydrogen (secondary N) is 2. The van der Waals surface area contributed by atoms with Crippen molar-refractivity contribution in [3.05, 3.63) is 35.1 Å². The highest BCUT2D eigenvalue weighted by Crippen LogP contribution is 2.12. The number of sulfonamides is 1. The molecular formula is C16H25FN4O2S. The van der Waals surface area contributed by atoms with Crippen LogP contribution in [0, 0.1) is 12.7 Å². The van der Waals surface area contributed by atoms with Crippen LogP contribution >= 0.6 is 0 Å². The van der Waals surface area contributed by atoms with Crippen LogP contribution in [0.15, 0.2) is 23.2 Å². The van der Waals surface area contributed by atoms with Crippen molar-refractivity contribution in [3.8, 4) is 0 Å². The van der Waals surface area contributed by atoms with Gasteiger partial charge < -0.3 is 10.6 Å². The van der Waals surface area contributed by atoms with Gasteiger partial charge in [0.05, 0.1) is 5.75 Å². The molecule has 24 heavy (non-hydrogen) atoms. The van der Waals surface area contributed by atoms with E-state index >= 15 is 0 Å². The number of benzene rings is 1. The fourth-order valence-corrected chi connectivity index (χ4v) is 4.25. The van der Waals surface area contributed by atoms with E-state index in [1.807, 2.05) is 6.92 Å². The summed E-state index contributed by atoms with van der Waals surface area (Å²) in [5.41, 5.74) is 2.02. The summed E-state index contributed by atoms with van der Waals surface area (Å²) in [7, 11) is -1.38. The minimum atomic E-state index is -3.05. The van der Waals surface area contributed by atoms with Crippen molar-refractivity contribution in [2.24, 2.45) is 4.99 Å². The molecule has 2 rings (SSSR count). The molecule has 134 valence electrons. The summed E-state index contributed by atoms with van der Waals surface area (Å²) in [6.45, 7) is 4.10. The molecule has 1 aromatic rings. The molecule has 1 aromatic carbocycles. The van der Waals surface area contributed by atoms with Crippen LogP contribution in [0.4, 0.5) is 4.39 Å². The zero-order valence-corrected chi connectivity index (χ0v) is 15.0. The van der Waals surface area contributed by atoms with E-state index < -0.39 is 10.0 Å². The number of rotatable bonds is 6. The Balaban J connectivity index is 1.72. The molecule has 0 aromatic heterocycles. The van der Waals surface area contributed by atoms with Crippen LogP contribution in [0.1, 0.15) is 17.5 Å². The summed E-state index contributed by atoms with van der Waals surface area (Å²) in [5, 5.41) is 6.30. The Morgan fingerprint density at radius 2 is 2.08 bits per heavy atom. The molecule has 0 unspecified atom stereocenters. The number of hydrogen-bond acceptors (Lipinski definition) is 3. The van der Waals surface area contributed by atoms with E-state index in [1.165, 1.54) is 16.4 Å². The predicted molar refractivity (Wildman–Crippen MR) is 94.2 cm³/mol. The molecule has 0 amide bonds. The molecule has 0 saturated carbocycles. The molecule has 1 saturated heterocycles. The quantitative estimate of drug-likeness (QED) is 0.586. The van der Waals surface area contributed by atoms with Gasteiger partial charge in [-0.15, -0.1) is 0 Å². The minimum Gasteiger partial charge on any atom is -0.356 e. The minimum absolute atomic E-state index is 0.224. The number of halogens is 1. The Morgan fingerprint density at radius 1 is 1.33 bits per heavy atom. The Labute approximate surface area is 143 Å². The molecule has 0 atom stereocenters. The first-order valence-corrected chi connectivity index (χ1v) is 9.70. The first-order valence-electron chi connectivity index (χ1n) is 8.10. The molecule has 0 aliphatic carbocycles. The molecule has 6 nitrogen and oxygen atoms in total. The first-order chi connectivity index (χ1) is 11.4. The fourth-order valence-electron chi connectivity index (χ4n) is 2.72. The van der Waals surface area contributed by atoms with Gasteiger partial charge in [0.15, 0.2) is 5.96 Å². The number of nitrogens with zero attached hydrogens (tertiary/aromatic N) is 2. The molecule has 0 radical (unpaired) electrons. The highest BCUT2D eigenvalue weighted by Gasteiger charge is 2.27. The molecule has 0 bridgehead atoms. The van der Waals surface area contributed by atoms with Crippen LogP contribution in [0.2, 0.25) is 0 Å². The van der Waals surface area contributed by atoms with E-state index in [1.54, 1.807) is 13.1 Å². The van der Waals surface area contributed by atoms with Crippen molar-refractivity contribution >= 4 is 16.0 Å². The second-order valence-corrected chi connectivity index (χ2v) is 7.90. The third-order valence-electron chi connectivity index (χ3n) is 4.07. The molecule has 1 fully saturated rings. The topological polar surface area (TPSA) is 73.8 Å². The second kappa shape index (κ2) is 8.43. The van der Waals surface area contributed by atoms with E-state index in [4.69, 9.17) is 0 Å². The van der Waals surface area contributed by atoms with Crippen molar-refractivity contribution in [2.75, 3.05) is 39.0 Å². The highest BCUT2D eigenvalue weighted by molar-refractivity contribution is 7.89. The maximum absolute atomic E-state index is 13.1. The van der Waals surface area contributed by atoms with Crippen LogP contribution in [0.5, 0.6) is 0 Å². The standard InChI is InChI=1S/C16H25FN4O2S/c1-13-12-15(17)5-4-14(13)6-7-19-16(18-2)20-8-10-21-9-3-11-24(21,22)23/h4-5,12H,3,6-11H2,1-2H3,(H2,18,19,20). The van der Waals surface area contributed by atoms with Crippen LogP contribution in [0.3, 0.4) is 0 Å². The van der Waals surface area contributed by atoms with Crippen molar-refractivity contribution in [2.45, 2.75) is 19.8 Å². The molecule has 1 aliphatic rings. The normalized spacial score (nSPS) is 17.9. The number of hydrogen-bond donors (Lipinski definition) is 2. The lowest BCUT2D eigenvalue weighted by Gasteiger charge is -2.16. The number of guanidine groups is 1. The average molecular weight is 356 g/mol. The molecular weight excluding hydrogens is 331 g/mol. The van der Waals surface area contributed by atoms with E-state index in [2.05, 4.69) is 15.6 Å². The van der Waals surface area contributed by atoms with E-state index in [-0.39, 0.29) is 11.6 Å². The van der Waals surface area contributed by atoms with Crippen LogP contribution < -0.4 is 10.6 Å². The lowest BCUT2D eigenvalue weighted by atomic mass is 10.1. The van der Waals surface area contributed by atoms with Gasteiger partial charge in [0.25, 0.3) is 0 Å². The summed E-state index contributed by atoms with van der Waals surface area (Å²) in [5.74, 6) is 0.654. The summed E-state index contributed by atoms with van der Waals surface area (Å²) in [6, 6.07) is 4.78. The van der Waals surface area contributed by atoms with E-state index in [0.717, 1.165) is 17.5 Å². The van der Waals surface area contributed by atoms with E-state index in [0.29, 0.717) is 38.6 Å². The lowest BCUT2D eigenvalue weighted by molar-refractivity contribution is 0.445. The van der Waals surface area contributed by atoms with Gasteiger partial charge in [-0.05, 0) is 43.0 Å². The number of aryl methyl sites for hydroxylation is 1. The zero-order chi connectivity index (χ0) is 17.6. The Hall–Kier alpha value is -1.67. The fraction of sp³-hybridized carbons (Fsp3) is 0.562. The third kappa shape index (κ3) is 5.17. The highest BCUT2D eigenvalue weighted by atomic mass is 32.2. The smallest absolute Gasteiger partial charge is 0.214 e. The van der Waals surface area contributed by atoms with Gasteiger partial charge in [0.2, 0.25) is 10.0 Å². The zero-order valence-electron chi connectivity index (χ0n) is 14.2. The Kier molecular flexibility index (Phi) is 6.56.